The van der Waals surface area contributed by atoms with Gasteiger partial charge < -0.3 is 15.4 Å². The van der Waals surface area contributed by atoms with E-state index in [-0.39, 0.29) is 18.4 Å². The van der Waals surface area contributed by atoms with E-state index in [4.69, 9.17) is 4.74 Å². The summed E-state index contributed by atoms with van der Waals surface area (Å²) in [6.07, 6.45) is 0. The molecule has 6 heteroatoms. The number of nitrogens with one attached hydrogen (secondary N) is 2. The first kappa shape index (κ1) is 18.9. The zero-order valence-corrected chi connectivity index (χ0v) is 16.5. The van der Waals surface area contributed by atoms with Crippen LogP contribution < -0.4 is 15.4 Å². The van der Waals surface area contributed by atoms with Gasteiger partial charge >= 0.3 is 0 Å². The first-order chi connectivity index (χ1) is 13.1. The van der Waals surface area contributed by atoms with Crippen LogP contribution in [0, 0.1) is 3.57 Å². The molecule has 0 bridgehead atoms. The molecule has 0 aliphatic rings. The van der Waals surface area contributed by atoms with Crippen LogP contribution in [0.5, 0.6) is 5.75 Å². The predicted molar refractivity (Wildman–Crippen MR) is 114 cm³/mol. The molecule has 3 rings (SSSR count). The molecule has 0 aliphatic heterocycles. The quantitative estimate of drug-likeness (QED) is 0.517. The molecule has 3 aromatic carbocycles. The molecule has 0 spiro atoms. The van der Waals surface area contributed by atoms with Crippen molar-refractivity contribution < 1.29 is 14.3 Å². The fraction of sp³-hybridized carbons (Fsp3) is 0.0476. The molecule has 2 amide bonds. The molecule has 0 saturated heterocycles. The van der Waals surface area contributed by atoms with Gasteiger partial charge in [0.25, 0.3) is 11.8 Å². The first-order valence-corrected chi connectivity index (χ1v) is 9.33. The van der Waals surface area contributed by atoms with Crippen LogP contribution in [-0.4, -0.2) is 18.4 Å². The summed E-state index contributed by atoms with van der Waals surface area (Å²) in [5.41, 5.74) is 1.88. The summed E-state index contributed by atoms with van der Waals surface area (Å²) in [6, 6.07) is 23.4. The third-order valence-electron chi connectivity index (χ3n) is 3.63. The maximum Gasteiger partial charge on any atom is 0.262 e. The van der Waals surface area contributed by atoms with E-state index in [2.05, 4.69) is 33.2 Å². The Hall–Kier alpha value is -2.87. The number of rotatable bonds is 6. The zero-order valence-electron chi connectivity index (χ0n) is 14.3. The van der Waals surface area contributed by atoms with Crippen molar-refractivity contribution in [1.29, 1.82) is 0 Å². The molecular weight excluding hydrogens is 455 g/mol. The minimum Gasteiger partial charge on any atom is -0.484 e. The Labute approximate surface area is 170 Å². The largest absolute Gasteiger partial charge is 0.484 e. The molecular formula is C21H17IN2O3. The molecule has 0 radical (unpaired) electrons. The summed E-state index contributed by atoms with van der Waals surface area (Å²) in [7, 11) is 0. The Balaban J connectivity index is 1.55. The summed E-state index contributed by atoms with van der Waals surface area (Å²) in [4.78, 5) is 24.2. The van der Waals surface area contributed by atoms with Crippen molar-refractivity contribution in [3.63, 3.8) is 0 Å². The lowest BCUT2D eigenvalue weighted by Gasteiger charge is -2.10. The number of benzene rings is 3. The third kappa shape index (κ3) is 5.82. The highest BCUT2D eigenvalue weighted by Gasteiger charge is 2.07. The van der Waals surface area contributed by atoms with Crippen LogP contribution in [0.2, 0.25) is 0 Å². The van der Waals surface area contributed by atoms with Crippen molar-refractivity contribution >= 4 is 45.8 Å². The van der Waals surface area contributed by atoms with Gasteiger partial charge in [0.2, 0.25) is 0 Å². The molecule has 0 fully saturated rings. The fourth-order valence-corrected chi connectivity index (χ4v) is 2.70. The van der Waals surface area contributed by atoms with Crippen molar-refractivity contribution in [2.75, 3.05) is 17.2 Å². The summed E-state index contributed by atoms with van der Waals surface area (Å²) < 4.78 is 6.62. The fourth-order valence-electron chi connectivity index (χ4n) is 2.34. The molecule has 136 valence electrons. The lowest BCUT2D eigenvalue weighted by Crippen LogP contribution is -2.20. The van der Waals surface area contributed by atoms with Gasteiger partial charge in [-0.1, -0.05) is 24.3 Å². The van der Waals surface area contributed by atoms with E-state index in [0.717, 1.165) is 3.57 Å². The monoisotopic (exact) mass is 472 g/mol. The van der Waals surface area contributed by atoms with E-state index in [9.17, 15) is 9.59 Å². The van der Waals surface area contributed by atoms with Gasteiger partial charge in [0, 0.05) is 26.6 Å². The second-order valence-corrected chi connectivity index (χ2v) is 6.94. The second kappa shape index (κ2) is 9.18. The Morgan fingerprint density at radius 1 is 0.815 bits per heavy atom. The highest BCUT2D eigenvalue weighted by molar-refractivity contribution is 14.1. The molecule has 2 N–H and O–H groups in total. The van der Waals surface area contributed by atoms with Gasteiger partial charge in [0.05, 0.1) is 0 Å². The van der Waals surface area contributed by atoms with E-state index in [1.807, 2.05) is 30.3 Å². The van der Waals surface area contributed by atoms with Crippen LogP contribution in [0.25, 0.3) is 0 Å². The molecule has 0 aliphatic carbocycles. The van der Waals surface area contributed by atoms with E-state index in [0.29, 0.717) is 22.7 Å². The van der Waals surface area contributed by atoms with Gasteiger partial charge in [-0.3, -0.25) is 9.59 Å². The Bertz CT molecular complexity index is 928. The van der Waals surface area contributed by atoms with Gasteiger partial charge in [-0.25, -0.2) is 0 Å². The van der Waals surface area contributed by atoms with Crippen molar-refractivity contribution in [2.24, 2.45) is 0 Å². The number of anilines is 2. The number of halogens is 1. The number of amides is 2. The van der Waals surface area contributed by atoms with Gasteiger partial charge in [0.15, 0.2) is 6.61 Å². The zero-order chi connectivity index (χ0) is 19.1. The minimum absolute atomic E-state index is 0.123. The van der Waals surface area contributed by atoms with E-state index < -0.39 is 0 Å². The van der Waals surface area contributed by atoms with Crippen LogP contribution in [0.3, 0.4) is 0 Å². The highest BCUT2D eigenvalue weighted by Crippen LogP contribution is 2.18. The third-order valence-corrected chi connectivity index (χ3v) is 4.34. The summed E-state index contributed by atoms with van der Waals surface area (Å²) >= 11 is 2.20. The molecule has 5 nitrogen and oxygen atoms in total. The second-order valence-electron chi connectivity index (χ2n) is 5.69. The van der Waals surface area contributed by atoms with Gasteiger partial charge in [-0.05, 0) is 71.1 Å². The number of hydrogen-bond acceptors (Lipinski definition) is 3. The number of hydrogen-bond donors (Lipinski definition) is 2. The number of carbonyl (C=O) groups is 2. The predicted octanol–water partition coefficient (Wildman–Crippen LogP) is 4.56. The van der Waals surface area contributed by atoms with Crippen molar-refractivity contribution in [3.05, 3.63) is 88.0 Å². The summed E-state index contributed by atoms with van der Waals surface area (Å²) in [6.45, 7) is -0.123. The molecule has 0 heterocycles. The van der Waals surface area contributed by atoms with Crippen LogP contribution >= 0.6 is 22.6 Å². The van der Waals surface area contributed by atoms with E-state index in [1.54, 1.807) is 48.5 Å². The SMILES string of the molecule is O=C(COc1cccc(NC(=O)c2ccccc2)c1)Nc1ccc(I)cc1. The maximum absolute atomic E-state index is 12.2. The molecule has 0 aromatic heterocycles. The van der Waals surface area contributed by atoms with Crippen LogP contribution in [0.4, 0.5) is 11.4 Å². The Kier molecular flexibility index (Phi) is 6.43. The topological polar surface area (TPSA) is 67.4 Å². The maximum atomic E-state index is 12.2. The standard InChI is InChI=1S/C21H17IN2O3/c22-16-9-11-17(12-10-16)23-20(25)14-27-19-8-4-7-18(13-19)24-21(26)15-5-2-1-3-6-15/h1-13H,14H2,(H,23,25)(H,24,26). The summed E-state index contributed by atoms with van der Waals surface area (Å²) in [5, 5.41) is 5.58. The highest BCUT2D eigenvalue weighted by atomic mass is 127. The van der Waals surface area contributed by atoms with Crippen LogP contribution in [0.15, 0.2) is 78.9 Å². The van der Waals surface area contributed by atoms with Crippen molar-refractivity contribution in [1.82, 2.24) is 0 Å². The average molecular weight is 472 g/mol. The Morgan fingerprint density at radius 2 is 1.56 bits per heavy atom. The normalized spacial score (nSPS) is 10.1. The molecule has 0 atom stereocenters. The van der Waals surface area contributed by atoms with E-state index >= 15 is 0 Å². The molecule has 0 unspecified atom stereocenters. The lowest BCUT2D eigenvalue weighted by molar-refractivity contribution is -0.118. The smallest absolute Gasteiger partial charge is 0.262 e. The van der Waals surface area contributed by atoms with Crippen molar-refractivity contribution in [2.45, 2.75) is 0 Å². The van der Waals surface area contributed by atoms with Crippen molar-refractivity contribution in [3.8, 4) is 5.75 Å². The molecule has 3 aromatic rings. The Morgan fingerprint density at radius 3 is 2.30 bits per heavy atom. The molecule has 0 saturated carbocycles. The van der Waals surface area contributed by atoms with Crippen LogP contribution in [0.1, 0.15) is 10.4 Å². The number of ether oxygens (including phenoxy) is 1. The molecule has 27 heavy (non-hydrogen) atoms. The number of carbonyl (C=O) groups excluding carboxylic acids is 2. The van der Waals surface area contributed by atoms with Crippen LogP contribution in [-0.2, 0) is 4.79 Å². The first-order valence-electron chi connectivity index (χ1n) is 8.25. The van der Waals surface area contributed by atoms with Gasteiger partial charge in [-0.2, -0.15) is 0 Å². The van der Waals surface area contributed by atoms with Gasteiger partial charge in [0.1, 0.15) is 5.75 Å². The van der Waals surface area contributed by atoms with Gasteiger partial charge in [-0.15, -0.1) is 0 Å². The minimum atomic E-state index is -0.255. The lowest BCUT2D eigenvalue weighted by atomic mass is 10.2. The average Bonchev–Trinajstić information content (AvgIpc) is 2.69. The summed E-state index contributed by atoms with van der Waals surface area (Å²) in [5.74, 6) is 0.0396. The van der Waals surface area contributed by atoms with E-state index in [1.165, 1.54) is 0 Å².